The highest BCUT2D eigenvalue weighted by atomic mass is 16.1. The van der Waals surface area contributed by atoms with Crippen molar-refractivity contribution in [1.29, 1.82) is 5.26 Å². The van der Waals surface area contributed by atoms with Crippen molar-refractivity contribution in [2.75, 3.05) is 31.1 Å². The van der Waals surface area contributed by atoms with Gasteiger partial charge in [-0.25, -0.2) is 0 Å². The van der Waals surface area contributed by atoms with Crippen molar-refractivity contribution in [3.63, 3.8) is 0 Å². The minimum absolute atomic E-state index is 0.696. The van der Waals surface area contributed by atoms with E-state index in [1.807, 2.05) is 24.3 Å². The Morgan fingerprint density at radius 1 is 1.19 bits per heavy atom. The smallest absolute Gasteiger partial charge is 0.209 e. The molecule has 0 unspecified atom stereocenters. The second-order valence-corrected chi connectivity index (χ2v) is 3.76. The second-order valence-electron chi connectivity index (χ2n) is 3.76. The number of anilines is 1. The SMILES string of the molecule is N#Cc1ccccc1N1CCN(C=O)CC1. The molecule has 82 valence electrons. The molecular formula is C12H13N3O. The van der Waals surface area contributed by atoms with Crippen LogP contribution in [0, 0.1) is 11.3 Å². The molecule has 0 spiro atoms. The van der Waals surface area contributed by atoms with Crippen LogP contribution >= 0.6 is 0 Å². The highest BCUT2D eigenvalue weighted by Crippen LogP contribution is 2.20. The molecule has 0 N–H and O–H groups in total. The standard InChI is InChI=1S/C12H13N3O/c13-9-11-3-1-2-4-12(11)15-7-5-14(10-16)6-8-15/h1-4,10H,5-8H2. The lowest BCUT2D eigenvalue weighted by Gasteiger charge is -2.34. The van der Waals surface area contributed by atoms with Gasteiger partial charge in [0.2, 0.25) is 6.41 Å². The predicted molar refractivity (Wildman–Crippen MR) is 61.0 cm³/mol. The van der Waals surface area contributed by atoms with Crippen LogP contribution in [0.4, 0.5) is 5.69 Å². The van der Waals surface area contributed by atoms with Crippen LogP contribution in [0.5, 0.6) is 0 Å². The molecule has 0 saturated carbocycles. The number of nitriles is 1. The van der Waals surface area contributed by atoms with Crippen LogP contribution in [0.15, 0.2) is 24.3 Å². The number of carbonyl (C=O) groups excluding carboxylic acids is 1. The van der Waals surface area contributed by atoms with Gasteiger partial charge in [0.25, 0.3) is 0 Å². The zero-order valence-electron chi connectivity index (χ0n) is 8.97. The number of nitrogens with zero attached hydrogens (tertiary/aromatic N) is 3. The van der Waals surface area contributed by atoms with Crippen molar-refractivity contribution < 1.29 is 4.79 Å². The number of para-hydroxylation sites is 1. The molecule has 1 aromatic carbocycles. The van der Waals surface area contributed by atoms with Crippen molar-refractivity contribution in [2.24, 2.45) is 0 Å². The van der Waals surface area contributed by atoms with Gasteiger partial charge in [0.05, 0.1) is 11.3 Å². The van der Waals surface area contributed by atoms with Gasteiger partial charge >= 0.3 is 0 Å². The Labute approximate surface area is 94.7 Å². The lowest BCUT2D eigenvalue weighted by atomic mass is 10.1. The first-order valence-corrected chi connectivity index (χ1v) is 5.28. The first-order chi connectivity index (χ1) is 7.85. The summed E-state index contributed by atoms with van der Waals surface area (Å²) in [4.78, 5) is 14.5. The topological polar surface area (TPSA) is 47.3 Å². The van der Waals surface area contributed by atoms with Gasteiger partial charge in [-0.15, -0.1) is 0 Å². The fourth-order valence-corrected chi connectivity index (χ4v) is 1.91. The lowest BCUT2D eigenvalue weighted by molar-refractivity contribution is -0.118. The quantitative estimate of drug-likeness (QED) is 0.687. The number of hydrogen-bond donors (Lipinski definition) is 0. The number of piperazine rings is 1. The molecule has 1 saturated heterocycles. The Morgan fingerprint density at radius 3 is 2.50 bits per heavy atom. The third-order valence-electron chi connectivity index (χ3n) is 2.83. The lowest BCUT2D eigenvalue weighted by Crippen LogP contribution is -2.45. The Balaban J connectivity index is 2.14. The van der Waals surface area contributed by atoms with E-state index in [1.165, 1.54) is 0 Å². The fourth-order valence-electron chi connectivity index (χ4n) is 1.91. The van der Waals surface area contributed by atoms with Crippen molar-refractivity contribution in [1.82, 2.24) is 4.90 Å². The molecule has 0 atom stereocenters. The van der Waals surface area contributed by atoms with Crippen LogP contribution in [-0.2, 0) is 4.79 Å². The summed E-state index contributed by atoms with van der Waals surface area (Å²) < 4.78 is 0. The van der Waals surface area contributed by atoms with E-state index in [1.54, 1.807) is 4.90 Å². The molecule has 4 nitrogen and oxygen atoms in total. The molecule has 0 aromatic heterocycles. The second kappa shape index (κ2) is 4.67. The average molecular weight is 215 g/mol. The van der Waals surface area contributed by atoms with E-state index in [2.05, 4.69) is 11.0 Å². The van der Waals surface area contributed by atoms with Crippen molar-refractivity contribution in [3.05, 3.63) is 29.8 Å². The Hall–Kier alpha value is -2.02. The normalized spacial score (nSPS) is 15.7. The van der Waals surface area contributed by atoms with Gasteiger partial charge in [-0.3, -0.25) is 4.79 Å². The number of amides is 1. The zero-order chi connectivity index (χ0) is 11.4. The Kier molecular flexibility index (Phi) is 3.06. The summed E-state index contributed by atoms with van der Waals surface area (Å²) in [5.74, 6) is 0. The minimum atomic E-state index is 0.696. The summed E-state index contributed by atoms with van der Waals surface area (Å²) in [5, 5.41) is 9.00. The fraction of sp³-hybridized carbons (Fsp3) is 0.333. The first kappa shape index (κ1) is 10.5. The van der Waals surface area contributed by atoms with E-state index in [0.717, 1.165) is 38.3 Å². The zero-order valence-corrected chi connectivity index (χ0v) is 8.97. The maximum absolute atomic E-state index is 10.6. The van der Waals surface area contributed by atoms with Crippen LogP contribution in [0.2, 0.25) is 0 Å². The summed E-state index contributed by atoms with van der Waals surface area (Å²) in [6, 6.07) is 9.77. The first-order valence-electron chi connectivity index (χ1n) is 5.28. The molecule has 1 amide bonds. The number of rotatable bonds is 2. The largest absolute Gasteiger partial charge is 0.367 e. The van der Waals surface area contributed by atoms with E-state index in [0.29, 0.717) is 5.56 Å². The van der Waals surface area contributed by atoms with Gasteiger partial charge in [-0.2, -0.15) is 5.26 Å². The molecule has 2 rings (SSSR count). The number of benzene rings is 1. The van der Waals surface area contributed by atoms with Gasteiger partial charge < -0.3 is 9.80 Å². The number of carbonyl (C=O) groups is 1. The van der Waals surface area contributed by atoms with Crippen LogP contribution in [0.1, 0.15) is 5.56 Å². The van der Waals surface area contributed by atoms with E-state index in [9.17, 15) is 4.79 Å². The van der Waals surface area contributed by atoms with Gasteiger partial charge in [0.1, 0.15) is 6.07 Å². The maximum Gasteiger partial charge on any atom is 0.209 e. The third-order valence-corrected chi connectivity index (χ3v) is 2.83. The minimum Gasteiger partial charge on any atom is -0.367 e. The highest BCUT2D eigenvalue weighted by molar-refractivity contribution is 5.60. The Bertz CT molecular complexity index is 417. The van der Waals surface area contributed by atoms with Gasteiger partial charge in [0, 0.05) is 26.2 Å². The molecule has 1 aliphatic rings. The molecule has 4 heteroatoms. The van der Waals surface area contributed by atoms with Gasteiger partial charge in [-0.05, 0) is 12.1 Å². The molecule has 1 aromatic rings. The van der Waals surface area contributed by atoms with E-state index >= 15 is 0 Å². The van der Waals surface area contributed by atoms with Gasteiger partial charge in [0.15, 0.2) is 0 Å². The van der Waals surface area contributed by atoms with Crippen LogP contribution in [0.3, 0.4) is 0 Å². The summed E-state index contributed by atoms with van der Waals surface area (Å²) in [5.41, 5.74) is 1.66. The summed E-state index contributed by atoms with van der Waals surface area (Å²) in [6.45, 7) is 3.03. The van der Waals surface area contributed by atoms with Crippen molar-refractivity contribution in [3.8, 4) is 6.07 Å². The van der Waals surface area contributed by atoms with E-state index in [4.69, 9.17) is 5.26 Å². The maximum atomic E-state index is 10.6. The highest BCUT2D eigenvalue weighted by Gasteiger charge is 2.17. The number of hydrogen-bond acceptors (Lipinski definition) is 3. The monoisotopic (exact) mass is 215 g/mol. The molecule has 1 aliphatic heterocycles. The van der Waals surface area contributed by atoms with Crippen LogP contribution < -0.4 is 4.90 Å². The molecule has 0 bridgehead atoms. The molecular weight excluding hydrogens is 202 g/mol. The molecule has 1 heterocycles. The third kappa shape index (κ3) is 1.98. The molecule has 16 heavy (non-hydrogen) atoms. The van der Waals surface area contributed by atoms with Gasteiger partial charge in [-0.1, -0.05) is 12.1 Å². The summed E-state index contributed by atoms with van der Waals surface area (Å²) in [6.07, 6.45) is 0.882. The predicted octanol–water partition coefficient (Wildman–Crippen LogP) is 0.837. The summed E-state index contributed by atoms with van der Waals surface area (Å²) in [7, 11) is 0. The molecule has 1 fully saturated rings. The molecule has 0 radical (unpaired) electrons. The van der Waals surface area contributed by atoms with Crippen LogP contribution in [0.25, 0.3) is 0 Å². The Morgan fingerprint density at radius 2 is 1.88 bits per heavy atom. The molecule has 0 aliphatic carbocycles. The van der Waals surface area contributed by atoms with Crippen molar-refractivity contribution >= 4 is 12.1 Å². The van der Waals surface area contributed by atoms with Crippen LogP contribution in [-0.4, -0.2) is 37.5 Å². The van der Waals surface area contributed by atoms with E-state index < -0.39 is 0 Å². The average Bonchev–Trinajstić information content (AvgIpc) is 2.39. The van der Waals surface area contributed by atoms with Crippen molar-refractivity contribution in [2.45, 2.75) is 0 Å². The van der Waals surface area contributed by atoms with E-state index in [-0.39, 0.29) is 0 Å². The summed E-state index contributed by atoms with van der Waals surface area (Å²) >= 11 is 0.